The van der Waals surface area contributed by atoms with Crippen molar-refractivity contribution in [3.63, 3.8) is 0 Å². The molecule has 0 spiro atoms. The van der Waals surface area contributed by atoms with E-state index in [9.17, 15) is 4.79 Å². The Morgan fingerprint density at radius 2 is 1.47 bits per heavy atom. The molecule has 0 aliphatic heterocycles. The standard InChI is InChI=1S/C27H18NS.C6H10O2.Ir/c1-16-8-7-11-18-19(15-14-17(2)24(16)18)26-27-25(20-9-3-5-12-22(20)28-26)21-10-4-6-13-23(21)29-27;1-4(5(2)7)6(3)8;/h3-14H,1-2H3;7H,1-3H3;/q-1;;/b;5-4-;. The summed E-state index contributed by atoms with van der Waals surface area (Å²) in [4.78, 5) is 15.5. The van der Waals surface area contributed by atoms with Gasteiger partial charge in [-0.1, -0.05) is 77.9 Å². The summed E-state index contributed by atoms with van der Waals surface area (Å²) in [5.74, 6) is 0.0301. The fourth-order valence-electron chi connectivity index (χ4n) is 4.78. The van der Waals surface area contributed by atoms with Gasteiger partial charge in [0, 0.05) is 56.9 Å². The van der Waals surface area contributed by atoms with Gasteiger partial charge in [-0.3, -0.25) is 9.78 Å². The molecule has 0 fully saturated rings. The molecule has 0 aliphatic rings. The minimum absolute atomic E-state index is 0. The van der Waals surface area contributed by atoms with E-state index in [4.69, 9.17) is 10.1 Å². The number of aliphatic hydroxyl groups is 1. The number of aromatic nitrogens is 1. The van der Waals surface area contributed by atoms with E-state index in [0.29, 0.717) is 5.57 Å². The first-order valence-electron chi connectivity index (χ1n) is 12.3. The van der Waals surface area contributed by atoms with Gasteiger partial charge in [0.2, 0.25) is 0 Å². The van der Waals surface area contributed by atoms with Gasteiger partial charge in [0.25, 0.3) is 0 Å². The van der Waals surface area contributed by atoms with E-state index < -0.39 is 0 Å². The molecule has 0 unspecified atom stereocenters. The van der Waals surface area contributed by atoms with Crippen LogP contribution in [0.15, 0.2) is 84.1 Å². The van der Waals surface area contributed by atoms with E-state index in [2.05, 4.69) is 92.7 Å². The molecule has 3 nitrogen and oxygen atoms in total. The molecule has 5 heteroatoms. The molecule has 4 aromatic carbocycles. The van der Waals surface area contributed by atoms with Gasteiger partial charge in [0.15, 0.2) is 5.78 Å². The van der Waals surface area contributed by atoms with Crippen LogP contribution in [0.1, 0.15) is 31.9 Å². The molecule has 0 bridgehead atoms. The zero-order valence-electron chi connectivity index (χ0n) is 22.0. The average molecular weight is 695 g/mol. The molecule has 0 saturated carbocycles. The van der Waals surface area contributed by atoms with Crippen molar-refractivity contribution in [1.29, 1.82) is 0 Å². The Labute approximate surface area is 240 Å². The van der Waals surface area contributed by atoms with Crippen LogP contribution in [0, 0.1) is 19.9 Å². The Morgan fingerprint density at radius 1 is 0.816 bits per heavy atom. The van der Waals surface area contributed by atoms with Crippen molar-refractivity contribution in [2.45, 2.75) is 34.6 Å². The molecular formula is C33H28IrNO2S-. The van der Waals surface area contributed by atoms with E-state index in [1.54, 1.807) is 6.92 Å². The Morgan fingerprint density at radius 3 is 2.16 bits per heavy atom. The van der Waals surface area contributed by atoms with Gasteiger partial charge in [0.1, 0.15) is 0 Å². The Balaban J connectivity index is 0.000000329. The van der Waals surface area contributed by atoms with Gasteiger partial charge in [-0.05, 0) is 39.8 Å². The first kappa shape index (κ1) is 27.7. The molecule has 2 heterocycles. The molecule has 1 radical (unpaired) electrons. The average Bonchev–Trinajstić information content (AvgIpc) is 3.28. The zero-order chi connectivity index (χ0) is 26.3. The number of aliphatic hydroxyl groups excluding tert-OH is 1. The Kier molecular flexibility index (Phi) is 8.13. The van der Waals surface area contributed by atoms with Crippen LogP contribution in [0.5, 0.6) is 0 Å². The van der Waals surface area contributed by atoms with E-state index in [1.807, 2.05) is 11.3 Å². The van der Waals surface area contributed by atoms with E-state index in [1.165, 1.54) is 61.3 Å². The maximum Gasteiger partial charge on any atom is 0.158 e. The first-order chi connectivity index (χ1) is 17.8. The van der Waals surface area contributed by atoms with Crippen molar-refractivity contribution in [2.24, 2.45) is 0 Å². The number of thiophene rings is 1. The van der Waals surface area contributed by atoms with Crippen molar-refractivity contribution in [2.75, 3.05) is 0 Å². The van der Waals surface area contributed by atoms with Crippen LogP contribution in [0.2, 0.25) is 0 Å². The second-order valence-corrected chi connectivity index (χ2v) is 10.4. The van der Waals surface area contributed by atoms with Gasteiger partial charge in [-0.2, -0.15) is 0 Å². The van der Waals surface area contributed by atoms with Crippen LogP contribution >= 0.6 is 11.3 Å². The molecule has 2 aromatic heterocycles. The first-order valence-corrected chi connectivity index (χ1v) is 13.1. The van der Waals surface area contributed by atoms with Gasteiger partial charge >= 0.3 is 0 Å². The molecular weight excluding hydrogens is 667 g/mol. The summed E-state index contributed by atoms with van der Waals surface area (Å²) in [6.07, 6.45) is 0. The van der Waals surface area contributed by atoms with Gasteiger partial charge in [-0.25, -0.2) is 0 Å². The Bertz CT molecular complexity index is 1850. The minimum atomic E-state index is -0.0787. The third-order valence-corrected chi connectivity index (χ3v) is 8.07. The predicted molar refractivity (Wildman–Crippen MR) is 158 cm³/mol. The normalized spacial score (nSPS) is 11.7. The number of rotatable bonds is 2. The third kappa shape index (κ3) is 4.90. The summed E-state index contributed by atoms with van der Waals surface area (Å²) >= 11 is 1.83. The van der Waals surface area contributed by atoms with Crippen LogP contribution in [-0.2, 0) is 24.9 Å². The van der Waals surface area contributed by atoms with Crippen LogP contribution in [0.3, 0.4) is 0 Å². The molecule has 6 rings (SSSR count). The topological polar surface area (TPSA) is 50.2 Å². The van der Waals surface area contributed by atoms with Crippen LogP contribution in [0.4, 0.5) is 0 Å². The number of benzene rings is 4. The fourth-order valence-corrected chi connectivity index (χ4v) is 6.00. The molecule has 38 heavy (non-hydrogen) atoms. The van der Waals surface area contributed by atoms with Crippen molar-refractivity contribution < 1.29 is 30.0 Å². The summed E-state index contributed by atoms with van der Waals surface area (Å²) in [6.45, 7) is 8.86. The Hall–Kier alpha value is -3.37. The molecule has 0 aliphatic carbocycles. The molecule has 6 aromatic rings. The minimum Gasteiger partial charge on any atom is -0.512 e. The summed E-state index contributed by atoms with van der Waals surface area (Å²) in [6, 6.07) is 29.4. The monoisotopic (exact) mass is 695 g/mol. The summed E-state index contributed by atoms with van der Waals surface area (Å²) in [7, 11) is 0. The number of Topliss-reactive ketones (excluding diaryl/α,β-unsaturated/α-hetero) is 1. The van der Waals surface area contributed by atoms with E-state index >= 15 is 0 Å². The third-order valence-electron chi connectivity index (χ3n) is 6.89. The van der Waals surface area contributed by atoms with Gasteiger partial charge in [0.05, 0.1) is 11.3 Å². The molecule has 193 valence electrons. The van der Waals surface area contributed by atoms with Crippen molar-refractivity contribution in [3.8, 4) is 11.3 Å². The quantitative estimate of drug-likeness (QED) is 0.112. The maximum atomic E-state index is 10.4. The fraction of sp³-hybridized carbons (Fsp3) is 0.152. The van der Waals surface area contributed by atoms with Crippen molar-refractivity contribution >= 4 is 59.0 Å². The smallest absolute Gasteiger partial charge is 0.158 e. The molecule has 0 atom stereocenters. The van der Waals surface area contributed by atoms with Gasteiger partial charge in [-0.15, -0.1) is 34.6 Å². The summed E-state index contributed by atoms with van der Waals surface area (Å²) in [5.41, 5.74) is 6.16. The number of hydrogen-bond donors (Lipinski definition) is 1. The largest absolute Gasteiger partial charge is 0.512 e. The SMILES string of the molecule is CC(=O)/C(C)=C(/C)O.Cc1c[c-]c(-c2nc3ccccc3c3c2sc2ccccc23)c2cccc(C)c12.[Ir]. The molecule has 1 N–H and O–H groups in total. The number of carbonyl (C=O) groups is 1. The molecule has 0 amide bonds. The van der Waals surface area contributed by atoms with Gasteiger partial charge < -0.3 is 5.11 Å². The number of pyridine rings is 1. The number of para-hydroxylation sites is 1. The van der Waals surface area contributed by atoms with Crippen molar-refractivity contribution in [3.05, 3.63) is 101 Å². The van der Waals surface area contributed by atoms with Crippen LogP contribution in [-0.4, -0.2) is 15.9 Å². The van der Waals surface area contributed by atoms with E-state index in [-0.39, 0.29) is 31.6 Å². The zero-order valence-corrected chi connectivity index (χ0v) is 25.2. The van der Waals surface area contributed by atoms with Crippen LogP contribution < -0.4 is 0 Å². The number of nitrogens with zero attached hydrogens (tertiary/aromatic N) is 1. The number of fused-ring (bicyclic) bond motifs is 6. The number of hydrogen-bond acceptors (Lipinski definition) is 4. The maximum absolute atomic E-state index is 10.4. The van der Waals surface area contributed by atoms with Crippen LogP contribution in [0.25, 0.3) is 53.1 Å². The number of aryl methyl sites for hydroxylation is 2. The number of allylic oxidation sites excluding steroid dienone is 2. The van der Waals surface area contributed by atoms with E-state index in [0.717, 1.165) is 16.8 Å². The summed E-state index contributed by atoms with van der Waals surface area (Å²) < 4.78 is 2.54. The second-order valence-electron chi connectivity index (χ2n) is 9.39. The number of ketones is 1. The second kappa shape index (κ2) is 11.2. The van der Waals surface area contributed by atoms with Crippen molar-refractivity contribution in [1.82, 2.24) is 4.98 Å². The number of carbonyl (C=O) groups excluding carboxylic acids is 1. The predicted octanol–water partition coefficient (Wildman–Crippen LogP) is 9.26. The summed E-state index contributed by atoms with van der Waals surface area (Å²) in [5, 5.41) is 15.0. The molecule has 0 saturated heterocycles.